The first kappa shape index (κ1) is 37.4. The highest BCUT2D eigenvalue weighted by Crippen LogP contribution is 2.30. The molecule has 16 heteroatoms. The van der Waals surface area contributed by atoms with E-state index in [0.717, 1.165) is 0 Å². The zero-order valence-corrected chi connectivity index (χ0v) is 26.3. The summed E-state index contributed by atoms with van der Waals surface area (Å²) >= 11 is 0. The number of carbonyl (C=O) groups is 5. The van der Waals surface area contributed by atoms with Crippen molar-refractivity contribution in [2.45, 2.75) is 76.8 Å². The van der Waals surface area contributed by atoms with Gasteiger partial charge >= 0.3 is 11.9 Å². The van der Waals surface area contributed by atoms with Gasteiger partial charge in [-0.1, -0.05) is 26.3 Å². The van der Waals surface area contributed by atoms with E-state index in [1.807, 2.05) is 0 Å². The van der Waals surface area contributed by atoms with Crippen LogP contribution in [0.5, 0.6) is 5.75 Å². The largest absolute Gasteiger partial charge is 0.489 e. The summed E-state index contributed by atoms with van der Waals surface area (Å²) in [5, 5.41) is 45.4. The molecule has 2 heterocycles. The van der Waals surface area contributed by atoms with Gasteiger partial charge in [0.05, 0.1) is 24.8 Å². The number of carbonyl (C=O) groups excluding carboxylic acids is 4. The first-order valence-electron chi connectivity index (χ1n) is 15.4. The van der Waals surface area contributed by atoms with Crippen LogP contribution in [-0.4, -0.2) is 119 Å². The Bertz CT molecular complexity index is 1270. The highest BCUT2D eigenvalue weighted by atomic mass is 16.6. The van der Waals surface area contributed by atoms with Gasteiger partial charge < -0.3 is 50.0 Å². The summed E-state index contributed by atoms with van der Waals surface area (Å²) in [6.07, 6.45) is -3.86. The van der Waals surface area contributed by atoms with Crippen LogP contribution in [0.4, 0.5) is 5.69 Å². The van der Waals surface area contributed by atoms with Gasteiger partial charge in [-0.15, -0.1) is 0 Å². The van der Waals surface area contributed by atoms with E-state index < -0.39 is 42.6 Å². The average Bonchev–Trinajstić information content (AvgIpc) is 3.35. The van der Waals surface area contributed by atoms with Gasteiger partial charge in [-0.25, -0.2) is 4.79 Å². The maximum Gasteiger partial charge on any atom is 0.335 e. The molecule has 16 nitrogen and oxygen atoms in total. The number of hydrogen-bond donors (Lipinski definition) is 6. The highest BCUT2D eigenvalue weighted by molar-refractivity contribution is 6.12. The summed E-state index contributed by atoms with van der Waals surface area (Å²) < 4.78 is 22.0. The van der Waals surface area contributed by atoms with Gasteiger partial charge in [0.15, 0.2) is 12.3 Å². The molecule has 1 aromatic carbocycles. The van der Waals surface area contributed by atoms with E-state index in [4.69, 9.17) is 18.9 Å². The number of benzene rings is 1. The Morgan fingerprint density at radius 3 is 2.36 bits per heavy atom. The monoisotopic (exact) mass is 665 g/mol. The number of aliphatic carboxylic acids is 1. The molecule has 2 aliphatic heterocycles. The number of unbranched alkanes of at least 4 members (excludes halogenated alkanes) is 2. The number of carboxylic acids is 1. The van der Waals surface area contributed by atoms with Crippen LogP contribution in [0.1, 0.15) is 45.1 Å². The van der Waals surface area contributed by atoms with E-state index in [9.17, 15) is 44.4 Å². The number of nitrogens with zero attached hydrogens (tertiary/aromatic N) is 1. The molecule has 3 rings (SSSR count). The number of nitrogens with one attached hydrogen (secondary N) is 2. The summed E-state index contributed by atoms with van der Waals surface area (Å²) in [7, 11) is 0. The fraction of sp³-hybridized carbons (Fsp3) is 0.581. The molecular formula is C31H43N3O13. The molecule has 3 amide bonds. The van der Waals surface area contributed by atoms with E-state index in [-0.39, 0.29) is 68.0 Å². The first-order valence-corrected chi connectivity index (χ1v) is 15.4. The van der Waals surface area contributed by atoms with Gasteiger partial charge in [-0.3, -0.25) is 24.1 Å². The van der Waals surface area contributed by atoms with Crippen molar-refractivity contribution in [3.8, 4) is 5.75 Å². The van der Waals surface area contributed by atoms with Crippen LogP contribution in [-0.2, 0) is 44.8 Å². The standard InChI is InChI=1S/C31H43N3O13/c1-18(2)31(43)46-17-19-7-8-20(33-29-27(40)25(38)26(39)28(47-29)30(41)42)21(16-19)45-15-14-44-13-11-32-22(35)6-4-3-5-12-34-23(36)9-10-24(34)37/h7-10,16,18,25-29,33,38-40H,3-6,11-15,17H2,1-2H3,(H,32,35)(H,41,42)/t25-,26-,27+,28-,29+/m0/s1. The van der Waals surface area contributed by atoms with Crippen molar-refractivity contribution in [2.75, 3.05) is 38.2 Å². The molecular weight excluding hydrogens is 622 g/mol. The van der Waals surface area contributed by atoms with Crippen LogP contribution in [0.2, 0.25) is 0 Å². The third-order valence-corrected chi connectivity index (χ3v) is 7.29. The molecule has 0 aromatic heterocycles. The summed E-state index contributed by atoms with van der Waals surface area (Å²) in [5.74, 6) is -2.82. The lowest BCUT2D eigenvalue weighted by atomic mass is 9.98. The number of ether oxygens (including phenoxy) is 4. The van der Waals surface area contributed by atoms with Gasteiger partial charge in [0.1, 0.15) is 37.3 Å². The summed E-state index contributed by atoms with van der Waals surface area (Å²) in [6, 6.07) is 4.73. The molecule has 0 bridgehead atoms. The number of aliphatic hydroxyl groups is 3. The van der Waals surface area contributed by atoms with Crippen LogP contribution in [0.25, 0.3) is 0 Å². The van der Waals surface area contributed by atoms with Crippen molar-refractivity contribution in [3.63, 3.8) is 0 Å². The van der Waals surface area contributed by atoms with E-state index >= 15 is 0 Å². The second-order valence-electron chi connectivity index (χ2n) is 11.3. The lowest BCUT2D eigenvalue weighted by Crippen LogP contribution is -2.61. The van der Waals surface area contributed by atoms with Gasteiger partial charge in [-0.05, 0) is 30.5 Å². The molecule has 0 unspecified atom stereocenters. The van der Waals surface area contributed by atoms with Gasteiger partial charge in [0.25, 0.3) is 11.8 Å². The lowest BCUT2D eigenvalue weighted by molar-refractivity contribution is -0.221. The zero-order chi connectivity index (χ0) is 34.5. The zero-order valence-electron chi connectivity index (χ0n) is 26.3. The van der Waals surface area contributed by atoms with Gasteiger partial charge in [-0.2, -0.15) is 0 Å². The van der Waals surface area contributed by atoms with E-state index in [0.29, 0.717) is 37.8 Å². The SMILES string of the molecule is CC(C)C(=O)OCc1ccc(N[C@@H]2O[C@H](C(=O)O)[C@@H](O)[C@H](O)[C@H]2O)c(OCCOCCNC(=O)CCCCCN2C(=O)C=CC2=O)c1. The molecule has 1 fully saturated rings. The Morgan fingerprint density at radius 2 is 1.68 bits per heavy atom. The number of rotatable bonds is 19. The van der Waals surface area contributed by atoms with Crippen LogP contribution in [0.15, 0.2) is 30.4 Å². The molecule has 0 saturated carbocycles. The Labute approximate surface area is 271 Å². The Balaban J connectivity index is 1.44. The predicted molar refractivity (Wildman–Crippen MR) is 163 cm³/mol. The maximum atomic E-state index is 12.1. The average molecular weight is 666 g/mol. The third kappa shape index (κ3) is 11.3. The van der Waals surface area contributed by atoms with Crippen LogP contribution in [0, 0.1) is 5.92 Å². The molecule has 47 heavy (non-hydrogen) atoms. The molecule has 0 aliphatic carbocycles. The lowest BCUT2D eigenvalue weighted by Gasteiger charge is -2.39. The molecule has 6 N–H and O–H groups in total. The molecule has 0 radical (unpaired) electrons. The smallest absolute Gasteiger partial charge is 0.335 e. The molecule has 1 aromatic rings. The van der Waals surface area contributed by atoms with Crippen molar-refractivity contribution in [1.82, 2.24) is 10.2 Å². The normalized spacial score (nSPS) is 22.4. The van der Waals surface area contributed by atoms with Crippen molar-refractivity contribution < 1.29 is 63.3 Å². The second kappa shape index (κ2) is 18.3. The van der Waals surface area contributed by atoms with Crippen molar-refractivity contribution >= 4 is 35.3 Å². The number of hydrogen-bond acceptors (Lipinski definition) is 13. The van der Waals surface area contributed by atoms with E-state index in [1.165, 1.54) is 23.1 Å². The number of imide groups is 1. The predicted octanol–water partition coefficient (Wildman–Crippen LogP) is -0.313. The number of esters is 1. The number of carboxylic acid groups (broad SMARTS) is 1. The second-order valence-corrected chi connectivity index (χ2v) is 11.3. The van der Waals surface area contributed by atoms with Crippen molar-refractivity contribution in [2.24, 2.45) is 5.92 Å². The van der Waals surface area contributed by atoms with E-state index in [1.54, 1.807) is 26.0 Å². The third-order valence-electron chi connectivity index (χ3n) is 7.29. The van der Waals surface area contributed by atoms with Crippen molar-refractivity contribution in [1.29, 1.82) is 0 Å². The molecule has 5 atom stereocenters. The maximum absolute atomic E-state index is 12.1. The van der Waals surface area contributed by atoms with Crippen LogP contribution < -0.4 is 15.4 Å². The highest BCUT2D eigenvalue weighted by Gasteiger charge is 2.47. The number of anilines is 1. The van der Waals surface area contributed by atoms with Crippen LogP contribution >= 0.6 is 0 Å². The summed E-state index contributed by atoms with van der Waals surface area (Å²) in [5.41, 5.74) is 0.825. The van der Waals surface area contributed by atoms with Gasteiger partial charge in [0.2, 0.25) is 5.91 Å². The molecule has 1 saturated heterocycles. The Kier molecular flexibility index (Phi) is 14.6. The summed E-state index contributed by atoms with van der Waals surface area (Å²) in [6.45, 7) is 4.31. The number of aliphatic hydroxyl groups excluding tert-OH is 3. The first-order chi connectivity index (χ1) is 22.4. The fourth-order valence-corrected chi connectivity index (χ4v) is 4.62. The minimum Gasteiger partial charge on any atom is -0.489 e. The topological polar surface area (TPSA) is 230 Å². The van der Waals surface area contributed by atoms with E-state index in [2.05, 4.69) is 10.6 Å². The summed E-state index contributed by atoms with van der Waals surface area (Å²) in [4.78, 5) is 59.7. The molecule has 260 valence electrons. The quantitative estimate of drug-likeness (QED) is 0.0633. The van der Waals surface area contributed by atoms with Gasteiger partial charge in [0, 0.05) is 31.7 Å². The minimum absolute atomic E-state index is 0.0442. The fourth-order valence-electron chi connectivity index (χ4n) is 4.62. The Morgan fingerprint density at radius 1 is 0.957 bits per heavy atom. The van der Waals surface area contributed by atoms with Crippen LogP contribution in [0.3, 0.4) is 0 Å². The van der Waals surface area contributed by atoms with Crippen molar-refractivity contribution in [3.05, 3.63) is 35.9 Å². The number of amides is 3. The Hall–Kier alpha value is -4.09. The molecule has 2 aliphatic rings. The minimum atomic E-state index is -1.85. The molecule has 0 spiro atoms.